The fourth-order valence-electron chi connectivity index (χ4n) is 2.04. The molecule has 2 heteroatoms. The van der Waals surface area contributed by atoms with Gasteiger partial charge >= 0.3 is 0 Å². The van der Waals surface area contributed by atoms with Crippen LogP contribution >= 0.6 is 0 Å². The summed E-state index contributed by atoms with van der Waals surface area (Å²) in [5, 5.41) is 8.77. The van der Waals surface area contributed by atoms with Gasteiger partial charge in [-0.05, 0) is 17.7 Å². The lowest BCUT2D eigenvalue weighted by Crippen LogP contribution is -2.24. The molecule has 0 fully saturated rings. The lowest BCUT2D eigenvalue weighted by Gasteiger charge is -2.18. The van der Waals surface area contributed by atoms with E-state index in [2.05, 4.69) is 34.9 Å². The molecule has 0 N–H and O–H groups in total. The molecule has 2 aromatic carbocycles. The van der Waals surface area contributed by atoms with Gasteiger partial charge in [0.15, 0.2) is 0 Å². The maximum atomic E-state index is 8.77. The molecule has 0 aliphatic heterocycles. The molecule has 0 atom stereocenters. The molecule has 0 aromatic heterocycles. The van der Waals surface area contributed by atoms with Crippen molar-refractivity contribution < 1.29 is 0 Å². The Bertz CT molecular complexity index is 630. The molecule has 0 aliphatic rings. The van der Waals surface area contributed by atoms with Crippen LogP contribution in [0.1, 0.15) is 17.5 Å². The van der Waals surface area contributed by atoms with Crippen molar-refractivity contribution in [2.45, 2.75) is 13.0 Å². The minimum Gasteiger partial charge on any atom is -0.287 e. The van der Waals surface area contributed by atoms with Crippen LogP contribution in [0.5, 0.6) is 0 Å². The van der Waals surface area contributed by atoms with E-state index in [1.807, 2.05) is 48.5 Å². The van der Waals surface area contributed by atoms with Crippen LogP contribution in [0, 0.1) is 23.2 Å². The van der Waals surface area contributed by atoms with Gasteiger partial charge in [-0.25, -0.2) is 0 Å². The minimum atomic E-state index is 0.528. The third-order valence-corrected chi connectivity index (χ3v) is 3.10. The van der Waals surface area contributed by atoms with Crippen molar-refractivity contribution in [2.75, 3.05) is 13.1 Å². The Balaban J connectivity index is 1.97. The van der Waals surface area contributed by atoms with E-state index in [4.69, 9.17) is 5.26 Å². The van der Waals surface area contributed by atoms with Crippen LogP contribution < -0.4 is 0 Å². The summed E-state index contributed by atoms with van der Waals surface area (Å²) in [6, 6.07) is 22.5. The zero-order valence-corrected chi connectivity index (χ0v) is 12.0. The van der Waals surface area contributed by atoms with E-state index in [9.17, 15) is 0 Å². The molecule has 0 heterocycles. The summed E-state index contributed by atoms with van der Waals surface area (Å²) in [7, 11) is 0. The zero-order valence-electron chi connectivity index (χ0n) is 12.0. The van der Waals surface area contributed by atoms with Crippen LogP contribution in [0.3, 0.4) is 0 Å². The lowest BCUT2D eigenvalue weighted by molar-refractivity contribution is 0.306. The quantitative estimate of drug-likeness (QED) is 0.781. The molecule has 0 saturated carbocycles. The summed E-state index contributed by atoms with van der Waals surface area (Å²) in [5.41, 5.74) is 2.27. The van der Waals surface area contributed by atoms with Crippen molar-refractivity contribution in [3.05, 3.63) is 71.8 Å². The van der Waals surface area contributed by atoms with Crippen molar-refractivity contribution in [2.24, 2.45) is 0 Å². The Morgan fingerprint density at radius 1 is 0.905 bits per heavy atom. The van der Waals surface area contributed by atoms with E-state index in [1.54, 1.807) is 0 Å². The largest absolute Gasteiger partial charge is 0.287 e. The lowest BCUT2D eigenvalue weighted by atomic mass is 10.2. The molecule has 2 aromatic rings. The fraction of sp³-hybridized carbons (Fsp3) is 0.211. The molecule has 2 rings (SSSR count). The summed E-state index contributed by atoms with van der Waals surface area (Å²) in [5.74, 6) is 6.36. The number of rotatable bonds is 5. The van der Waals surface area contributed by atoms with Crippen molar-refractivity contribution in [1.82, 2.24) is 4.90 Å². The van der Waals surface area contributed by atoms with E-state index in [0.717, 1.165) is 18.7 Å². The van der Waals surface area contributed by atoms with Crippen molar-refractivity contribution in [1.29, 1.82) is 5.26 Å². The Morgan fingerprint density at radius 2 is 1.57 bits per heavy atom. The summed E-state index contributed by atoms with van der Waals surface area (Å²) < 4.78 is 0. The average molecular weight is 274 g/mol. The first-order chi connectivity index (χ1) is 10.4. The molecule has 0 unspecified atom stereocenters. The van der Waals surface area contributed by atoms with Gasteiger partial charge in [0, 0.05) is 25.1 Å². The second kappa shape index (κ2) is 8.59. The smallest absolute Gasteiger partial charge is 0.0635 e. The van der Waals surface area contributed by atoms with Crippen LogP contribution in [0.2, 0.25) is 0 Å². The predicted octanol–water partition coefficient (Wildman–Crippen LogP) is 3.45. The third kappa shape index (κ3) is 5.53. The Morgan fingerprint density at radius 3 is 2.24 bits per heavy atom. The van der Waals surface area contributed by atoms with Crippen LogP contribution in [-0.4, -0.2) is 18.0 Å². The van der Waals surface area contributed by atoms with Crippen LogP contribution in [0.25, 0.3) is 0 Å². The highest BCUT2D eigenvalue weighted by Crippen LogP contribution is 2.04. The first-order valence-electron chi connectivity index (χ1n) is 7.05. The van der Waals surface area contributed by atoms with Crippen LogP contribution in [-0.2, 0) is 6.54 Å². The predicted molar refractivity (Wildman–Crippen MR) is 85.3 cm³/mol. The number of hydrogen-bond acceptors (Lipinski definition) is 2. The number of nitriles is 1. The maximum Gasteiger partial charge on any atom is 0.0635 e. The van der Waals surface area contributed by atoms with Gasteiger partial charge in [-0.2, -0.15) is 5.26 Å². The van der Waals surface area contributed by atoms with Gasteiger partial charge in [-0.3, -0.25) is 4.90 Å². The molecule has 0 bridgehead atoms. The van der Waals surface area contributed by atoms with Crippen LogP contribution in [0.4, 0.5) is 0 Å². The molecule has 0 spiro atoms. The van der Waals surface area contributed by atoms with Gasteiger partial charge in [0.2, 0.25) is 0 Å². The highest BCUT2D eigenvalue weighted by atomic mass is 15.1. The molecule has 2 nitrogen and oxygen atoms in total. The SMILES string of the molecule is N#CCCN(CC#Cc1ccccc1)Cc1ccccc1. The van der Waals surface area contributed by atoms with Gasteiger partial charge < -0.3 is 0 Å². The van der Waals surface area contributed by atoms with Gasteiger partial charge in [0.25, 0.3) is 0 Å². The number of hydrogen-bond donors (Lipinski definition) is 0. The minimum absolute atomic E-state index is 0.528. The normalized spacial score (nSPS) is 9.71. The van der Waals surface area contributed by atoms with Gasteiger partial charge in [0.05, 0.1) is 12.6 Å². The third-order valence-electron chi connectivity index (χ3n) is 3.10. The number of benzene rings is 2. The number of nitrogens with zero attached hydrogens (tertiary/aromatic N) is 2. The molecular formula is C19H18N2. The van der Waals surface area contributed by atoms with E-state index in [-0.39, 0.29) is 0 Å². The van der Waals surface area contributed by atoms with E-state index in [0.29, 0.717) is 13.0 Å². The van der Waals surface area contributed by atoms with E-state index in [1.165, 1.54) is 5.56 Å². The average Bonchev–Trinajstić information content (AvgIpc) is 2.54. The van der Waals surface area contributed by atoms with Gasteiger partial charge in [-0.1, -0.05) is 60.4 Å². The Labute approximate surface area is 126 Å². The maximum absolute atomic E-state index is 8.77. The van der Waals surface area contributed by atoms with Crippen molar-refractivity contribution in [3.63, 3.8) is 0 Å². The Hall–Kier alpha value is -2.55. The monoisotopic (exact) mass is 274 g/mol. The van der Waals surface area contributed by atoms with Crippen molar-refractivity contribution in [3.8, 4) is 17.9 Å². The highest BCUT2D eigenvalue weighted by molar-refractivity contribution is 5.33. The molecule has 0 amide bonds. The molecule has 104 valence electrons. The molecule has 0 radical (unpaired) electrons. The molecule has 21 heavy (non-hydrogen) atoms. The van der Waals surface area contributed by atoms with Crippen molar-refractivity contribution >= 4 is 0 Å². The second-order valence-electron chi connectivity index (χ2n) is 4.77. The Kier molecular flexibility index (Phi) is 6.07. The molecule has 0 saturated heterocycles. The summed E-state index contributed by atoms with van der Waals surface area (Å²) in [6.07, 6.45) is 0.528. The molecular weight excluding hydrogens is 256 g/mol. The first-order valence-corrected chi connectivity index (χ1v) is 7.05. The molecule has 0 aliphatic carbocycles. The van der Waals surface area contributed by atoms with E-state index < -0.39 is 0 Å². The topological polar surface area (TPSA) is 27.0 Å². The second-order valence-corrected chi connectivity index (χ2v) is 4.77. The first kappa shape index (κ1) is 14.9. The highest BCUT2D eigenvalue weighted by Gasteiger charge is 2.03. The van der Waals surface area contributed by atoms with Crippen LogP contribution in [0.15, 0.2) is 60.7 Å². The summed E-state index contributed by atoms with van der Waals surface area (Å²) >= 11 is 0. The van der Waals surface area contributed by atoms with Gasteiger partial charge in [-0.15, -0.1) is 0 Å². The summed E-state index contributed by atoms with van der Waals surface area (Å²) in [6.45, 7) is 2.24. The van der Waals surface area contributed by atoms with E-state index >= 15 is 0 Å². The fourth-order valence-corrected chi connectivity index (χ4v) is 2.04. The van der Waals surface area contributed by atoms with Gasteiger partial charge in [0.1, 0.15) is 0 Å². The summed E-state index contributed by atoms with van der Waals surface area (Å²) in [4.78, 5) is 2.20. The zero-order chi connectivity index (χ0) is 14.8. The standard InChI is InChI=1S/C19H18N2/c20-14-8-16-21(17-19-11-5-2-6-12-19)15-7-13-18-9-3-1-4-10-18/h1-6,9-12H,8,15-17H2.